The fraction of sp³-hybridized carbons (Fsp3) is 0.750. The van der Waals surface area contributed by atoms with E-state index in [1.54, 1.807) is 0 Å². The maximum atomic E-state index is 4.87. The molecule has 0 bridgehead atoms. The minimum absolute atomic E-state index is 0.0121. The van der Waals surface area contributed by atoms with E-state index in [-0.39, 0.29) is 5.41 Å². The first-order valence-corrected chi connectivity index (χ1v) is 8.28. The lowest BCUT2D eigenvalue weighted by atomic mass is 9.91. The second kappa shape index (κ2) is 5.28. The molecule has 0 amide bonds. The van der Waals surface area contributed by atoms with Crippen LogP contribution in [0.1, 0.15) is 71.8 Å². The summed E-state index contributed by atoms with van der Waals surface area (Å²) in [6.07, 6.45) is 2.27. The highest BCUT2D eigenvalue weighted by atomic mass is 79.9. The van der Waals surface area contributed by atoms with E-state index in [0.717, 1.165) is 34.8 Å². The smallest absolute Gasteiger partial charge is 0.144 e. The van der Waals surface area contributed by atoms with Gasteiger partial charge in [-0.2, -0.15) is 0 Å². The van der Waals surface area contributed by atoms with E-state index in [2.05, 4.69) is 62.8 Å². The Morgan fingerprint density at radius 2 is 1.90 bits per heavy atom. The Morgan fingerprint density at radius 3 is 2.35 bits per heavy atom. The summed E-state index contributed by atoms with van der Waals surface area (Å²) in [7, 11) is 0. The van der Waals surface area contributed by atoms with E-state index in [1.807, 2.05) is 0 Å². The fourth-order valence-corrected chi connectivity index (χ4v) is 3.30. The van der Waals surface area contributed by atoms with Crippen LogP contribution in [0.3, 0.4) is 0 Å². The highest BCUT2D eigenvalue weighted by Crippen LogP contribution is 2.58. The van der Waals surface area contributed by atoms with Crippen molar-refractivity contribution in [1.29, 1.82) is 0 Å². The second-order valence-corrected chi connectivity index (χ2v) is 8.31. The zero-order valence-corrected chi connectivity index (χ0v) is 15.1. The predicted molar refractivity (Wildman–Crippen MR) is 88.4 cm³/mol. The van der Waals surface area contributed by atoms with Gasteiger partial charge < -0.3 is 5.32 Å². The van der Waals surface area contributed by atoms with Gasteiger partial charge in [0.15, 0.2) is 0 Å². The molecule has 0 aromatic carbocycles. The van der Waals surface area contributed by atoms with Crippen molar-refractivity contribution < 1.29 is 0 Å². The van der Waals surface area contributed by atoms with Gasteiger partial charge in [0.1, 0.15) is 11.6 Å². The molecule has 0 radical (unpaired) electrons. The number of nitrogens with one attached hydrogen (secondary N) is 1. The topological polar surface area (TPSA) is 37.8 Å². The van der Waals surface area contributed by atoms with Crippen molar-refractivity contribution >= 4 is 21.7 Å². The van der Waals surface area contributed by atoms with Gasteiger partial charge in [-0.15, -0.1) is 0 Å². The van der Waals surface area contributed by atoms with Crippen LogP contribution in [0.4, 0.5) is 5.82 Å². The SMILES string of the molecule is CCCNc1nc(C2CC2(C)C)nc(C(C)(C)C)c1Br. The number of aromatic nitrogens is 2. The Kier molecular flexibility index (Phi) is 4.16. The Bertz CT molecular complexity index is 503. The number of anilines is 1. The van der Waals surface area contributed by atoms with Crippen molar-refractivity contribution in [3.8, 4) is 0 Å². The average Bonchev–Trinajstić information content (AvgIpc) is 2.95. The third-order valence-electron chi connectivity index (χ3n) is 3.95. The van der Waals surface area contributed by atoms with Crippen LogP contribution >= 0.6 is 15.9 Å². The molecule has 1 aromatic heterocycles. The van der Waals surface area contributed by atoms with Crippen molar-refractivity contribution in [3.05, 3.63) is 16.0 Å². The lowest BCUT2D eigenvalue weighted by Crippen LogP contribution is -2.19. The molecule has 112 valence electrons. The molecule has 20 heavy (non-hydrogen) atoms. The van der Waals surface area contributed by atoms with E-state index in [4.69, 9.17) is 9.97 Å². The minimum Gasteiger partial charge on any atom is -0.369 e. The van der Waals surface area contributed by atoms with Crippen LogP contribution in [-0.4, -0.2) is 16.5 Å². The molecule has 1 aromatic rings. The molecule has 0 spiro atoms. The first kappa shape index (κ1) is 15.7. The van der Waals surface area contributed by atoms with Gasteiger partial charge in [0.2, 0.25) is 0 Å². The molecule has 3 nitrogen and oxygen atoms in total. The third kappa shape index (κ3) is 3.16. The summed E-state index contributed by atoms with van der Waals surface area (Å²) in [4.78, 5) is 9.64. The maximum Gasteiger partial charge on any atom is 0.144 e. The van der Waals surface area contributed by atoms with Crippen LogP contribution in [0.15, 0.2) is 4.47 Å². The van der Waals surface area contributed by atoms with Gasteiger partial charge in [0.05, 0.1) is 10.2 Å². The summed E-state index contributed by atoms with van der Waals surface area (Å²) in [6.45, 7) is 14.3. The lowest BCUT2D eigenvalue weighted by molar-refractivity contribution is 0.550. The highest BCUT2D eigenvalue weighted by molar-refractivity contribution is 9.10. The summed E-state index contributed by atoms with van der Waals surface area (Å²) in [5, 5.41) is 3.43. The minimum atomic E-state index is 0.0121. The number of nitrogens with zero attached hydrogens (tertiary/aromatic N) is 2. The molecule has 1 fully saturated rings. The molecule has 1 aliphatic carbocycles. The monoisotopic (exact) mass is 339 g/mol. The van der Waals surface area contributed by atoms with Crippen LogP contribution in [0.5, 0.6) is 0 Å². The molecule has 1 atom stereocenters. The number of halogens is 1. The molecule has 1 unspecified atom stereocenters. The zero-order valence-electron chi connectivity index (χ0n) is 13.5. The second-order valence-electron chi connectivity index (χ2n) is 7.52. The number of hydrogen-bond donors (Lipinski definition) is 1. The van der Waals surface area contributed by atoms with Crippen molar-refractivity contribution in [2.45, 2.75) is 65.7 Å². The van der Waals surface area contributed by atoms with Crippen molar-refractivity contribution in [2.24, 2.45) is 5.41 Å². The highest BCUT2D eigenvalue weighted by Gasteiger charge is 2.49. The van der Waals surface area contributed by atoms with E-state index in [9.17, 15) is 0 Å². The summed E-state index contributed by atoms with van der Waals surface area (Å²) in [5.74, 6) is 2.45. The number of rotatable bonds is 4. The summed E-state index contributed by atoms with van der Waals surface area (Å²) in [5.41, 5.74) is 1.47. The van der Waals surface area contributed by atoms with E-state index in [0.29, 0.717) is 11.3 Å². The average molecular weight is 340 g/mol. The van der Waals surface area contributed by atoms with Gasteiger partial charge in [-0.1, -0.05) is 41.5 Å². The van der Waals surface area contributed by atoms with Gasteiger partial charge in [-0.25, -0.2) is 9.97 Å². The van der Waals surface area contributed by atoms with Gasteiger partial charge in [0, 0.05) is 17.9 Å². The van der Waals surface area contributed by atoms with Crippen molar-refractivity contribution in [3.63, 3.8) is 0 Å². The van der Waals surface area contributed by atoms with Gasteiger partial charge in [-0.3, -0.25) is 0 Å². The third-order valence-corrected chi connectivity index (χ3v) is 4.70. The van der Waals surface area contributed by atoms with Crippen molar-refractivity contribution in [2.75, 3.05) is 11.9 Å². The normalized spacial score (nSPS) is 20.9. The predicted octanol–water partition coefficient (Wildman–Crippen LogP) is 4.87. The van der Waals surface area contributed by atoms with E-state index < -0.39 is 0 Å². The molecule has 4 heteroatoms. The largest absolute Gasteiger partial charge is 0.369 e. The quantitative estimate of drug-likeness (QED) is 0.849. The Balaban J connectivity index is 2.44. The molecule has 1 aliphatic rings. The van der Waals surface area contributed by atoms with Crippen LogP contribution in [0, 0.1) is 5.41 Å². The standard InChI is InChI=1S/C16H26BrN3/c1-7-8-18-14-11(17)12(15(2,3)4)19-13(20-14)10-9-16(10,5)6/h10H,7-9H2,1-6H3,(H,18,19,20). The lowest BCUT2D eigenvalue weighted by Gasteiger charge is -2.22. The van der Waals surface area contributed by atoms with Gasteiger partial charge >= 0.3 is 0 Å². The molecular formula is C16H26BrN3. The molecule has 1 N–H and O–H groups in total. The van der Waals surface area contributed by atoms with Gasteiger partial charge in [-0.05, 0) is 34.2 Å². The fourth-order valence-electron chi connectivity index (χ4n) is 2.39. The molecule has 0 aliphatic heterocycles. The van der Waals surface area contributed by atoms with Gasteiger partial charge in [0.25, 0.3) is 0 Å². The number of hydrogen-bond acceptors (Lipinski definition) is 3. The molecule has 2 rings (SSSR count). The molecule has 0 saturated heterocycles. The Morgan fingerprint density at radius 1 is 1.30 bits per heavy atom. The zero-order chi connectivity index (χ0) is 15.1. The summed E-state index contributed by atoms with van der Waals surface area (Å²) < 4.78 is 1.01. The van der Waals surface area contributed by atoms with Crippen LogP contribution in [-0.2, 0) is 5.41 Å². The maximum absolute atomic E-state index is 4.87. The summed E-state index contributed by atoms with van der Waals surface area (Å²) in [6, 6.07) is 0. The van der Waals surface area contributed by atoms with Crippen LogP contribution in [0.25, 0.3) is 0 Å². The Hall–Kier alpha value is -0.640. The molecule has 1 heterocycles. The molecular weight excluding hydrogens is 314 g/mol. The van der Waals surface area contributed by atoms with Crippen LogP contribution < -0.4 is 5.32 Å². The summed E-state index contributed by atoms with van der Waals surface area (Å²) >= 11 is 3.69. The van der Waals surface area contributed by atoms with E-state index >= 15 is 0 Å². The van der Waals surface area contributed by atoms with E-state index in [1.165, 1.54) is 6.42 Å². The van der Waals surface area contributed by atoms with Crippen molar-refractivity contribution in [1.82, 2.24) is 9.97 Å². The first-order chi connectivity index (χ1) is 9.16. The van der Waals surface area contributed by atoms with Crippen LogP contribution in [0.2, 0.25) is 0 Å². The first-order valence-electron chi connectivity index (χ1n) is 7.48. The Labute approximate surface area is 131 Å². The molecule has 1 saturated carbocycles.